The smallest absolute Gasteiger partial charge is 0.146 e. The maximum absolute atomic E-state index is 12.0. The summed E-state index contributed by atoms with van der Waals surface area (Å²) in [4.78, 5) is 3.34. The summed E-state index contributed by atoms with van der Waals surface area (Å²) in [5.41, 5.74) is 9.03. The van der Waals surface area contributed by atoms with Gasteiger partial charge in [-0.3, -0.25) is 0 Å². The van der Waals surface area contributed by atoms with E-state index in [0.29, 0.717) is 12.1 Å². The number of aromatic hydroxyl groups is 1. The molecule has 250 valence electrons. The van der Waals surface area contributed by atoms with Crippen LogP contribution in [0.3, 0.4) is 0 Å². The predicted octanol–water partition coefficient (Wildman–Crippen LogP) is 9.88. The summed E-state index contributed by atoms with van der Waals surface area (Å²) in [5, 5.41) is 31.2. The Morgan fingerprint density at radius 1 is 0.542 bits per heavy atom. The molecule has 0 aliphatic rings. The van der Waals surface area contributed by atoms with Gasteiger partial charge in [0.1, 0.15) is 33.5 Å². The van der Waals surface area contributed by atoms with E-state index in [-0.39, 0.29) is 27.4 Å². The lowest BCUT2D eigenvalue weighted by Crippen LogP contribution is -2.25. The van der Waals surface area contributed by atoms with E-state index >= 15 is 0 Å². The topological polar surface area (TPSA) is 81.6 Å². The van der Waals surface area contributed by atoms with Gasteiger partial charge >= 0.3 is 0 Å². The second-order valence-corrected chi connectivity index (χ2v) is 17.3. The van der Waals surface area contributed by atoms with Crippen molar-refractivity contribution in [3.05, 3.63) is 101 Å². The van der Waals surface area contributed by atoms with Gasteiger partial charge in [-0.05, 0) is 93.7 Å². The molecule has 0 saturated heterocycles. The lowest BCUT2D eigenvalue weighted by Gasteiger charge is -2.34. The fraction of sp³-hybridized carbons (Fsp3) is 0.415. The van der Waals surface area contributed by atoms with Crippen LogP contribution in [0.2, 0.25) is 0 Å². The summed E-state index contributed by atoms with van der Waals surface area (Å²) >= 11 is 0. The molecule has 1 N–H and O–H groups in total. The fourth-order valence-corrected chi connectivity index (χ4v) is 7.66. The Kier molecular flexibility index (Phi) is 8.25. The molecule has 0 saturated carbocycles. The van der Waals surface area contributed by atoms with Crippen LogP contribution in [0, 0.1) is 10.8 Å². The Morgan fingerprint density at radius 2 is 0.979 bits per heavy atom. The Labute approximate surface area is 285 Å². The summed E-state index contributed by atoms with van der Waals surface area (Å²) in [6.45, 7) is 22.9. The zero-order valence-electron chi connectivity index (χ0n) is 30.3. The Hall–Kier alpha value is -4.52. The van der Waals surface area contributed by atoms with Crippen LogP contribution in [-0.2, 0) is 17.3 Å². The van der Waals surface area contributed by atoms with Crippen LogP contribution >= 0.6 is 0 Å². The highest BCUT2D eigenvalue weighted by molar-refractivity contribution is 5.74. The largest absolute Gasteiger partial charge is 0.505 e. The highest BCUT2D eigenvalue weighted by Crippen LogP contribution is 2.41. The van der Waals surface area contributed by atoms with Gasteiger partial charge in [-0.1, -0.05) is 106 Å². The Balaban J connectivity index is 1.52. The molecule has 0 unspecified atom stereocenters. The van der Waals surface area contributed by atoms with E-state index in [2.05, 4.69) is 99.6 Å². The molecule has 6 rings (SSSR count). The number of fused-ring (bicyclic) bond motifs is 2. The molecule has 0 atom stereocenters. The van der Waals surface area contributed by atoms with Gasteiger partial charge in [0.2, 0.25) is 0 Å². The van der Waals surface area contributed by atoms with Gasteiger partial charge in [0.25, 0.3) is 0 Å². The van der Waals surface area contributed by atoms with Crippen molar-refractivity contribution in [3.63, 3.8) is 0 Å². The van der Waals surface area contributed by atoms with E-state index in [9.17, 15) is 5.11 Å². The van der Waals surface area contributed by atoms with Crippen molar-refractivity contribution in [1.29, 1.82) is 0 Å². The average Bonchev–Trinajstić information content (AvgIpc) is 3.60. The average molecular weight is 643 g/mol. The third-order valence-corrected chi connectivity index (χ3v) is 9.07. The molecule has 0 aliphatic carbocycles. The van der Waals surface area contributed by atoms with Gasteiger partial charge in [-0.15, -0.1) is 25.2 Å². The predicted molar refractivity (Wildman–Crippen MR) is 196 cm³/mol. The second-order valence-electron chi connectivity index (χ2n) is 17.3. The maximum atomic E-state index is 12.0. The molecule has 7 nitrogen and oxygen atoms in total. The van der Waals surface area contributed by atoms with Crippen molar-refractivity contribution in [2.45, 2.75) is 99.3 Å². The molecule has 0 bridgehead atoms. The third-order valence-electron chi connectivity index (χ3n) is 9.07. The van der Waals surface area contributed by atoms with Crippen LogP contribution in [0.15, 0.2) is 78.9 Å². The Bertz CT molecular complexity index is 2040. The van der Waals surface area contributed by atoms with Crippen molar-refractivity contribution in [2.24, 2.45) is 10.8 Å². The molecular formula is C41H50N6O. The molecule has 0 spiro atoms. The van der Waals surface area contributed by atoms with Gasteiger partial charge in [0.15, 0.2) is 0 Å². The maximum Gasteiger partial charge on any atom is 0.146 e. The molecule has 6 aromatic rings. The van der Waals surface area contributed by atoms with Crippen molar-refractivity contribution in [1.82, 2.24) is 30.0 Å². The minimum Gasteiger partial charge on any atom is -0.505 e. The number of nitrogens with zero attached hydrogens (tertiary/aromatic N) is 6. The molecular weight excluding hydrogens is 592 g/mol. The number of aromatic nitrogens is 6. The van der Waals surface area contributed by atoms with Crippen LogP contribution in [0.4, 0.5) is 0 Å². The van der Waals surface area contributed by atoms with Gasteiger partial charge in [0, 0.05) is 12.0 Å². The first-order chi connectivity index (χ1) is 22.4. The molecule has 0 radical (unpaired) electrons. The minimum atomic E-state index is -0.164. The summed E-state index contributed by atoms with van der Waals surface area (Å²) < 4.78 is 0. The van der Waals surface area contributed by atoms with Crippen LogP contribution in [0.1, 0.15) is 104 Å². The van der Waals surface area contributed by atoms with E-state index < -0.39 is 0 Å². The molecule has 2 heterocycles. The van der Waals surface area contributed by atoms with E-state index in [4.69, 9.17) is 20.4 Å². The quantitative estimate of drug-likeness (QED) is 0.179. The fourth-order valence-electron chi connectivity index (χ4n) is 7.66. The summed E-state index contributed by atoms with van der Waals surface area (Å²) in [7, 11) is 0. The standard InChI is InChI=1S/C41H50N6O/c1-38(2,3)25-40(7,8)29-20-27(21-31(23-29)46-42-32-15-11-12-16-33(32)43-46)19-28-22-30(41(9,10)26-39(4,5)6)24-36(37(28)48)47-44-34-17-13-14-18-35(34)45-47/h11-18,20-24,48H,19,25-26H2,1-10H3. The van der Waals surface area contributed by atoms with E-state index in [1.165, 1.54) is 5.56 Å². The van der Waals surface area contributed by atoms with Crippen molar-refractivity contribution >= 4 is 22.1 Å². The van der Waals surface area contributed by atoms with E-state index in [0.717, 1.165) is 57.3 Å². The zero-order chi connectivity index (χ0) is 34.6. The molecule has 2 aromatic heterocycles. The van der Waals surface area contributed by atoms with E-state index in [1.54, 1.807) is 9.59 Å². The summed E-state index contributed by atoms with van der Waals surface area (Å²) in [6, 6.07) is 26.7. The van der Waals surface area contributed by atoms with Crippen molar-refractivity contribution < 1.29 is 5.11 Å². The first kappa shape index (κ1) is 33.4. The SMILES string of the molecule is CC(C)(C)CC(C)(C)c1cc(Cc2cc(C(C)(C)CC(C)(C)C)cc(-n3nc4ccccc4n3)c2O)cc(-n2nc3ccccc3n2)c1. The Morgan fingerprint density at radius 3 is 1.44 bits per heavy atom. The normalized spacial score (nSPS) is 13.1. The number of phenols is 1. The van der Waals surface area contributed by atoms with Crippen LogP contribution in [0.5, 0.6) is 5.75 Å². The molecule has 7 heteroatoms. The van der Waals surface area contributed by atoms with Crippen LogP contribution in [-0.4, -0.2) is 35.1 Å². The van der Waals surface area contributed by atoms with E-state index in [1.807, 2.05) is 48.5 Å². The first-order valence-electron chi connectivity index (χ1n) is 17.0. The molecule has 0 fully saturated rings. The number of rotatable bonds is 8. The second kappa shape index (κ2) is 11.9. The molecule has 0 amide bonds. The van der Waals surface area contributed by atoms with Crippen molar-refractivity contribution in [3.8, 4) is 17.1 Å². The number of hydrogen-bond acceptors (Lipinski definition) is 5. The van der Waals surface area contributed by atoms with Crippen molar-refractivity contribution in [2.75, 3.05) is 0 Å². The van der Waals surface area contributed by atoms with Gasteiger partial charge < -0.3 is 5.11 Å². The van der Waals surface area contributed by atoms with Gasteiger partial charge in [0.05, 0.1) is 5.69 Å². The summed E-state index contributed by atoms with van der Waals surface area (Å²) in [6.07, 6.45) is 2.49. The molecule has 48 heavy (non-hydrogen) atoms. The van der Waals surface area contributed by atoms with Gasteiger partial charge in [-0.2, -0.15) is 4.80 Å². The van der Waals surface area contributed by atoms with Gasteiger partial charge in [-0.25, -0.2) is 0 Å². The third kappa shape index (κ3) is 7.15. The zero-order valence-corrected chi connectivity index (χ0v) is 30.3. The molecule has 4 aromatic carbocycles. The number of phenolic OH excluding ortho intramolecular Hbond substituents is 1. The van der Waals surface area contributed by atoms with Crippen LogP contribution in [0.25, 0.3) is 33.4 Å². The molecule has 0 aliphatic heterocycles. The number of benzene rings is 4. The lowest BCUT2D eigenvalue weighted by atomic mass is 9.71. The lowest BCUT2D eigenvalue weighted by molar-refractivity contribution is 0.283. The first-order valence-corrected chi connectivity index (χ1v) is 17.0. The van der Waals surface area contributed by atoms with Crippen LogP contribution < -0.4 is 0 Å². The monoisotopic (exact) mass is 642 g/mol. The number of hydrogen-bond donors (Lipinski definition) is 1. The highest BCUT2D eigenvalue weighted by Gasteiger charge is 2.31. The summed E-state index contributed by atoms with van der Waals surface area (Å²) in [5.74, 6) is 0.189. The minimum absolute atomic E-state index is 0.113. The highest BCUT2D eigenvalue weighted by atomic mass is 16.3.